The molecule has 2 fully saturated rings. The van der Waals surface area contributed by atoms with Crippen LogP contribution in [0.1, 0.15) is 58.8 Å². The quantitative estimate of drug-likeness (QED) is 0.542. The van der Waals surface area contributed by atoms with Gasteiger partial charge in [-0.05, 0) is 43.9 Å². The predicted octanol–water partition coefficient (Wildman–Crippen LogP) is 4.58. The molecule has 2 heteroatoms. The summed E-state index contributed by atoms with van der Waals surface area (Å²) in [6.45, 7) is 4.77. The molecule has 0 heterocycles. The van der Waals surface area contributed by atoms with E-state index >= 15 is 0 Å². The van der Waals surface area contributed by atoms with E-state index in [0.29, 0.717) is 6.10 Å². The summed E-state index contributed by atoms with van der Waals surface area (Å²) in [4.78, 5) is 0. The standard InChI is InChI=1S/C14H25IO/c1-11-7-12(2)9-13(8-11)16-14(10-15)5-3-4-6-14/h11-13H,3-10H2,1-2H3. The highest BCUT2D eigenvalue weighted by Gasteiger charge is 2.37. The first-order valence-electron chi connectivity index (χ1n) is 6.87. The first kappa shape index (κ1) is 13.1. The van der Waals surface area contributed by atoms with E-state index in [1.54, 1.807) is 0 Å². The van der Waals surface area contributed by atoms with Gasteiger partial charge in [0.1, 0.15) is 0 Å². The average Bonchev–Trinajstić information content (AvgIpc) is 2.65. The molecule has 2 saturated carbocycles. The van der Waals surface area contributed by atoms with E-state index < -0.39 is 0 Å². The molecule has 2 aliphatic carbocycles. The number of ether oxygens (including phenoxy) is 1. The van der Waals surface area contributed by atoms with E-state index in [0.717, 1.165) is 11.8 Å². The summed E-state index contributed by atoms with van der Waals surface area (Å²) in [7, 11) is 0. The van der Waals surface area contributed by atoms with Crippen LogP contribution in [0.3, 0.4) is 0 Å². The first-order valence-corrected chi connectivity index (χ1v) is 8.40. The summed E-state index contributed by atoms with van der Waals surface area (Å²) >= 11 is 2.52. The summed E-state index contributed by atoms with van der Waals surface area (Å²) in [5, 5.41) is 0. The molecule has 0 aromatic carbocycles. The van der Waals surface area contributed by atoms with Gasteiger partial charge in [-0.15, -0.1) is 0 Å². The highest BCUT2D eigenvalue weighted by atomic mass is 127. The maximum atomic E-state index is 6.52. The normalized spacial score (nSPS) is 38.8. The van der Waals surface area contributed by atoms with Crippen molar-refractivity contribution < 1.29 is 4.74 Å². The van der Waals surface area contributed by atoms with Crippen molar-refractivity contribution >= 4 is 22.6 Å². The smallest absolute Gasteiger partial charge is 0.0775 e. The largest absolute Gasteiger partial charge is 0.371 e. The zero-order valence-electron chi connectivity index (χ0n) is 10.7. The van der Waals surface area contributed by atoms with Crippen LogP contribution in [-0.2, 0) is 4.74 Å². The average molecular weight is 336 g/mol. The van der Waals surface area contributed by atoms with Gasteiger partial charge in [0.05, 0.1) is 11.7 Å². The van der Waals surface area contributed by atoms with Crippen molar-refractivity contribution in [3.8, 4) is 0 Å². The van der Waals surface area contributed by atoms with Gasteiger partial charge < -0.3 is 4.74 Å². The van der Waals surface area contributed by atoms with Crippen LogP contribution in [-0.4, -0.2) is 16.1 Å². The van der Waals surface area contributed by atoms with E-state index in [9.17, 15) is 0 Å². The zero-order valence-corrected chi connectivity index (χ0v) is 12.8. The second kappa shape index (κ2) is 5.55. The fourth-order valence-electron chi connectivity index (χ4n) is 3.63. The Kier molecular flexibility index (Phi) is 4.56. The van der Waals surface area contributed by atoms with Crippen LogP contribution in [0.2, 0.25) is 0 Å². The number of rotatable bonds is 3. The lowest BCUT2D eigenvalue weighted by Gasteiger charge is -2.38. The molecular weight excluding hydrogens is 311 g/mol. The Morgan fingerprint density at radius 3 is 2.12 bits per heavy atom. The molecular formula is C14H25IO. The maximum absolute atomic E-state index is 6.52. The van der Waals surface area contributed by atoms with Gasteiger partial charge >= 0.3 is 0 Å². The number of hydrogen-bond acceptors (Lipinski definition) is 1. The molecule has 2 aliphatic rings. The minimum atomic E-state index is 0.252. The second-order valence-corrected chi connectivity index (χ2v) is 6.94. The Balaban J connectivity index is 1.92. The van der Waals surface area contributed by atoms with Crippen molar-refractivity contribution in [3.05, 3.63) is 0 Å². The third-order valence-electron chi connectivity index (χ3n) is 4.31. The molecule has 0 saturated heterocycles. The molecule has 0 spiro atoms. The highest BCUT2D eigenvalue weighted by molar-refractivity contribution is 14.1. The maximum Gasteiger partial charge on any atom is 0.0775 e. The summed E-state index contributed by atoms with van der Waals surface area (Å²) in [5.41, 5.74) is 0.252. The Labute approximate surface area is 114 Å². The Hall–Kier alpha value is 0.690. The van der Waals surface area contributed by atoms with Gasteiger partial charge in [-0.2, -0.15) is 0 Å². The van der Waals surface area contributed by atoms with Gasteiger partial charge in [-0.3, -0.25) is 0 Å². The van der Waals surface area contributed by atoms with Gasteiger partial charge in [-0.25, -0.2) is 0 Å². The molecule has 16 heavy (non-hydrogen) atoms. The third-order valence-corrected chi connectivity index (χ3v) is 5.70. The van der Waals surface area contributed by atoms with Crippen molar-refractivity contribution in [1.82, 2.24) is 0 Å². The third kappa shape index (κ3) is 3.12. The number of alkyl halides is 1. The van der Waals surface area contributed by atoms with Crippen molar-refractivity contribution in [2.45, 2.75) is 70.5 Å². The van der Waals surface area contributed by atoms with Crippen molar-refractivity contribution in [1.29, 1.82) is 0 Å². The molecule has 2 atom stereocenters. The SMILES string of the molecule is CC1CC(C)CC(OC2(CI)CCCC2)C1. The summed E-state index contributed by atoms with van der Waals surface area (Å²) in [6, 6.07) is 0. The van der Waals surface area contributed by atoms with Gasteiger partial charge in [0, 0.05) is 4.43 Å². The zero-order chi connectivity index (χ0) is 11.6. The predicted molar refractivity (Wildman–Crippen MR) is 77.1 cm³/mol. The van der Waals surface area contributed by atoms with Crippen LogP contribution < -0.4 is 0 Å². The Morgan fingerprint density at radius 2 is 1.62 bits per heavy atom. The molecule has 2 rings (SSSR count). The lowest BCUT2D eigenvalue weighted by Crippen LogP contribution is -2.38. The first-order chi connectivity index (χ1) is 7.63. The van der Waals surface area contributed by atoms with Crippen LogP contribution in [0, 0.1) is 11.8 Å². The van der Waals surface area contributed by atoms with Crippen LogP contribution in [0.5, 0.6) is 0 Å². The van der Waals surface area contributed by atoms with E-state index in [1.165, 1.54) is 49.4 Å². The van der Waals surface area contributed by atoms with E-state index in [1.807, 2.05) is 0 Å². The summed E-state index contributed by atoms with van der Waals surface area (Å²) < 4.78 is 7.71. The van der Waals surface area contributed by atoms with Gasteiger partial charge in [-0.1, -0.05) is 49.3 Å². The second-order valence-electron chi connectivity index (χ2n) is 6.18. The Morgan fingerprint density at radius 1 is 1.06 bits per heavy atom. The molecule has 0 bridgehead atoms. The fraction of sp³-hybridized carbons (Fsp3) is 1.00. The number of halogens is 1. The highest BCUT2D eigenvalue weighted by Crippen LogP contribution is 2.40. The minimum Gasteiger partial charge on any atom is -0.371 e. The molecule has 1 nitrogen and oxygen atoms in total. The lowest BCUT2D eigenvalue weighted by molar-refractivity contribution is -0.0993. The van der Waals surface area contributed by atoms with Gasteiger partial charge in [0.2, 0.25) is 0 Å². The molecule has 0 aromatic heterocycles. The summed E-state index contributed by atoms with van der Waals surface area (Å²) in [6.07, 6.45) is 9.89. The van der Waals surface area contributed by atoms with Crippen molar-refractivity contribution in [2.24, 2.45) is 11.8 Å². The van der Waals surface area contributed by atoms with Crippen LogP contribution in [0.25, 0.3) is 0 Å². The van der Waals surface area contributed by atoms with E-state index in [-0.39, 0.29) is 5.60 Å². The van der Waals surface area contributed by atoms with Crippen LogP contribution in [0.15, 0.2) is 0 Å². The van der Waals surface area contributed by atoms with Gasteiger partial charge in [0.15, 0.2) is 0 Å². The van der Waals surface area contributed by atoms with Gasteiger partial charge in [0.25, 0.3) is 0 Å². The van der Waals surface area contributed by atoms with Crippen molar-refractivity contribution in [3.63, 3.8) is 0 Å². The van der Waals surface area contributed by atoms with Crippen LogP contribution >= 0.6 is 22.6 Å². The van der Waals surface area contributed by atoms with Crippen LogP contribution in [0.4, 0.5) is 0 Å². The summed E-state index contributed by atoms with van der Waals surface area (Å²) in [5.74, 6) is 1.72. The van der Waals surface area contributed by atoms with E-state index in [4.69, 9.17) is 4.74 Å². The molecule has 94 valence electrons. The van der Waals surface area contributed by atoms with Crippen molar-refractivity contribution in [2.75, 3.05) is 4.43 Å². The molecule has 0 amide bonds. The fourth-order valence-corrected chi connectivity index (χ4v) is 4.57. The van der Waals surface area contributed by atoms with E-state index in [2.05, 4.69) is 36.4 Å². The topological polar surface area (TPSA) is 9.23 Å². The molecule has 0 aliphatic heterocycles. The lowest BCUT2D eigenvalue weighted by atomic mass is 9.81. The monoisotopic (exact) mass is 336 g/mol. The molecule has 0 N–H and O–H groups in total. The molecule has 2 unspecified atom stereocenters. The Bertz CT molecular complexity index is 213. The molecule has 0 radical (unpaired) electrons. The number of hydrogen-bond donors (Lipinski definition) is 0. The molecule has 0 aromatic rings. The minimum absolute atomic E-state index is 0.252.